The highest BCUT2D eigenvalue weighted by atomic mass is 16.5. The summed E-state index contributed by atoms with van der Waals surface area (Å²) < 4.78 is 4.44. The number of amides is 3. The fourth-order valence-corrected chi connectivity index (χ4v) is 1.16. The van der Waals surface area contributed by atoms with Crippen molar-refractivity contribution in [2.75, 3.05) is 20.7 Å². The number of hydrogen-bond donors (Lipinski definition) is 2. The number of hydrogen-bond acceptors (Lipinski definition) is 5. The molecule has 0 fully saturated rings. The highest BCUT2D eigenvalue weighted by molar-refractivity contribution is 5.95. The topological polar surface area (TPSA) is 113 Å². The third-order valence-corrected chi connectivity index (χ3v) is 2.26. The number of nitrogens with zero attached hydrogens (tertiary/aromatic N) is 1. The first kappa shape index (κ1) is 16.9. The van der Waals surface area contributed by atoms with E-state index in [1.807, 2.05) is 0 Å². The average Bonchev–Trinajstić information content (AvgIpc) is 2.35. The lowest BCUT2D eigenvalue weighted by atomic mass is 10.3. The number of urea groups is 1. The van der Waals surface area contributed by atoms with Crippen molar-refractivity contribution in [3.63, 3.8) is 0 Å². The summed E-state index contributed by atoms with van der Waals surface area (Å²) in [5.41, 5.74) is 0. The van der Waals surface area contributed by atoms with Crippen LogP contribution >= 0.6 is 0 Å². The van der Waals surface area contributed by atoms with Crippen LogP contribution in [0, 0.1) is 0 Å². The number of carboxylic acids is 1. The van der Waals surface area contributed by atoms with Gasteiger partial charge in [0.15, 0.2) is 0 Å². The van der Waals surface area contributed by atoms with Crippen molar-refractivity contribution in [1.82, 2.24) is 10.2 Å². The summed E-state index contributed by atoms with van der Waals surface area (Å²) in [7, 11) is 2.75. The molecule has 0 atom stereocenters. The van der Waals surface area contributed by atoms with Gasteiger partial charge in [-0.1, -0.05) is 0 Å². The van der Waals surface area contributed by atoms with E-state index in [2.05, 4.69) is 10.1 Å². The zero-order chi connectivity index (χ0) is 14.8. The van der Waals surface area contributed by atoms with Crippen molar-refractivity contribution in [1.29, 1.82) is 0 Å². The molecule has 0 saturated carbocycles. The maximum atomic E-state index is 11.5. The summed E-state index contributed by atoms with van der Waals surface area (Å²) >= 11 is 0. The molecule has 2 N–H and O–H groups in total. The molecule has 0 aliphatic carbocycles. The van der Waals surface area contributed by atoms with Crippen molar-refractivity contribution in [2.45, 2.75) is 25.7 Å². The molecule has 19 heavy (non-hydrogen) atoms. The number of nitrogens with one attached hydrogen (secondary N) is 1. The predicted octanol–water partition coefficient (Wildman–Crippen LogP) is -0.0276. The standard InChI is InChI=1S/C11H18N2O6/c1-13(7-3-4-10(17)19-2)11(18)12-8(14)5-6-9(15)16/h3-7H2,1-2H3,(H,15,16)(H,12,14,18). The quantitative estimate of drug-likeness (QED) is 0.630. The molecule has 0 unspecified atom stereocenters. The number of methoxy groups -OCH3 is 1. The third kappa shape index (κ3) is 8.58. The van der Waals surface area contributed by atoms with E-state index in [4.69, 9.17) is 5.11 Å². The van der Waals surface area contributed by atoms with Crippen LogP contribution in [0.5, 0.6) is 0 Å². The molecule has 0 aromatic rings. The van der Waals surface area contributed by atoms with Gasteiger partial charge in [-0.25, -0.2) is 4.79 Å². The second-order valence-corrected chi connectivity index (χ2v) is 3.85. The van der Waals surface area contributed by atoms with Crippen molar-refractivity contribution in [2.24, 2.45) is 0 Å². The fourth-order valence-electron chi connectivity index (χ4n) is 1.16. The Morgan fingerprint density at radius 1 is 1.16 bits per heavy atom. The molecule has 0 radical (unpaired) electrons. The van der Waals surface area contributed by atoms with E-state index in [1.165, 1.54) is 19.1 Å². The van der Waals surface area contributed by atoms with Crippen molar-refractivity contribution in [3.8, 4) is 0 Å². The van der Waals surface area contributed by atoms with Crippen molar-refractivity contribution >= 4 is 23.9 Å². The van der Waals surface area contributed by atoms with Crippen LogP contribution in [0.25, 0.3) is 0 Å². The monoisotopic (exact) mass is 274 g/mol. The van der Waals surface area contributed by atoms with Gasteiger partial charge in [-0.3, -0.25) is 19.7 Å². The first-order valence-electron chi connectivity index (χ1n) is 5.70. The Kier molecular flexibility index (Phi) is 7.90. The molecule has 0 saturated heterocycles. The average molecular weight is 274 g/mol. The largest absolute Gasteiger partial charge is 0.481 e. The maximum Gasteiger partial charge on any atom is 0.323 e. The Morgan fingerprint density at radius 3 is 2.32 bits per heavy atom. The van der Waals surface area contributed by atoms with Gasteiger partial charge in [-0.15, -0.1) is 0 Å². The van der Waals surface area contributed by atoms with Crippen molar-refractivity contribution < 1.29 is 29.0 Å². The lowest BCUT2D eigenvalue weighted by molar-refractivity contribution is -0.140. The highest BCUT2D eigenvalue weighted by Crippen LogP contribution is 1.96. The molecule has 0 aliphatic heterocycles. The number of esters is 1. The van der Waals surface area contributed by atoms with Crippen LogP contribution in [-0.2, 0) is 19.1 Å². The van der Waals surface area contributed by atoms with Crippen LogP contribution in [0.2, 0.25) is 0 Å². The molecule has 0 aromatic heterocycles. The molecule has 0 spiro atoms. The zero-order valence-electron chi connectivity index (χ0n) is 11.0. The van der Waals surface area contributed by atoms with Gasteiger partial charge in [0.25, 0.3) is 0 Å². The number of imide groups is 1. The molecular formula is C11H18N2O6. The van der Waals surface area contributed by atoms with Crippen LogP contribution in [-0.4, -0.2) is 54.6 Å². The number of carbonyl (C=O) groups excluding carboxylic acids is 3. The number of aliphatic carboxylic acids is 1. The van der Waals surface area contributed by atoms with E-state index in [9.17, 15) is 19.2 Å². The third-order valence-electron chi connectivity index (χ3n) is 2.26. The minimum absolute atomic E-state index is 0.182. The van der Waals surface area contributed by atoms with Crippen LogP contribution < -0.4 is 5.32 Å². The Balaban J connectivity index is 3.89. The van der Waals surface area contributed by atoms with Gasteiger partial charge in [-0.2, -0.15) is 0 Å². The maximum absolute atomic E-state index is 11.5. The highest BCUT2D eigenvalue weighted by Gasteiger charge is 2.13. The summed E-state index contributed by atoms with van der Waals surface area (Å²) in [4.78, 5) is 45.0. The van der Waals surface area contributed by atoms with Gasteiger partial charge in [0, 0.05) is 26.4 Å². The molecule has 0 aromatic carbocycles. The Labute approximate surface area is 110 Å². The second kappa shape index (κ2) is 8.90. The van der Waals surface area contributed by atoms with Crippen molar-refractivity contribution in [3.05, 3.63) is 0 Å². The van der Waals surface area contributed by atoms with E-state index in [0.717, 1.165) is 0 Å². The van der Waals surface area contributed by atoms with Crippen LogP contribution in [0.1, 0.15) is 25.7 Å². The minimum Gasteiger partial charge on any atom is -0.481 e. The summed E-state index contributed by atoms with van der Waals surface area (Å²) in [5, 5.41) is 10.4. The number of carbonyl (C=O) groups is 4. The summed E-state index contributed by atoms with van der Waals surface area (Å²) in [6.45, 7) is 0.285. The Bertz CT molecular complexity index is 355. The van der Waals surface area contributed by atoms with Gasteiger partial charge < -0.3 is 14.7 Å². The number of ether oxygens (including phenoxy) is 1. The summed E-state index contributed by atoms with van der Waals surface area (Å²) in [6, 6.07) is -0.625. The van der Waals surface area contributed by atoms with E-state index < -0.39 is 17.9 Å². The SMILES string of the molecule is COC(=O)CCCN(C)C(=O)NC(=O)CCC(=O)O. The first-order valence-corrected chi connectivity index (χ1v) is 5.70. The van der Waals surface area contributed by atoms with Gasteiger partial charge in [0.1, 0.15) is 0 Å². The van der Waals surface area contributed by atoms with Crippen LogP contribution in [0.15, 0.2) is 0 Å². The van der Waals surface area contributed by atoms with Gasteiger partial charge in [0.05, 0.1) is 13.5 Å². The van der Waals surface area contributed by atoms with Gasteiger partial charge in [0.2, 0.25) is 5.91 Å². The van der Waals surface area contributed by atoms with Crippen LogP contribution in [0.4, 0.5) is 4.79 Å². The van der Waals surface area contributed by atoms with E-state index >= 15 is 0 Å². The molecule has 8 heteroatoms. The molecule has 0 aliphatic rings. The number of rotatable bonds is 7. The van der Waals surface area contributed by atoms with E-state index in [0.29, 0.717) is 6.42 Å². The van der Waals surface area contributed by atoms with Gasteiger partial charge in [-0.05, 0) is 6.42 Å². The number of carboxylic acid groups (broad SMARTS) is 1. The molecule has 8 nitrogen and oxygen atoms in total. The van der Waals surface area contributed by atoms with E-state index in [1.54, 1.807) is 0 Å². The molecule has 0 heterocycles. The lowest BCUT2D eigenvalue weighted by Gasteiger charge is -2.16. The second-order valence-electron chi connectivity index (χ2n) is 3.85. The molecular weight excluding hydrogens is 256 g/mol. The smallest absolute Gasteiger partial charge is 0.323 e. The fraction of sp³-hybridized carbons (Fsp3) is 0.636. The first-order chi connectivity index (χ1) is 8.86. The Hall–Kier alpha value is -2.12. The minimum atomic E-state index is -1.10. The normalized spacial score (nSPS) is 9.58. The van der Waals surface area contributed by atoms with E-state index in [-0.39, 0.29) is 31.8 Å². The molecule has 108 valence electrons. The van der Waals surface area contributed by atoms with Crippen LogP contribution in [0.3, 0.4) is 0 Å². The molecule has 0 bridgehead atoms. The lowest BCUT2D eigenvalue weighted by Crippen LogP contribution is -2.41. The summed E-state index contributed by atoms with van der Waals surface area (Å²) in [5.74, 6) is -2.12. The zero-order valence-corrected chi connectivity index (χ0v) is 11.0. The molecule has 0 rings (SSSR count). The van der Waals surface area contributed by atoms with Gasteiger partial charge >= 0.3 is 18.0 Å². The Morgan fingerprint density at radius 2 is 1.79 bits per heavy atom. The molecule has 3 amide bonds. The summed E-state index contributed by atoms with van der Waals surface area (Å²) in [6.07, 6.45) is 0.0171. The predicted molar refractivity (Wildman–Crippen MR) is 64.3 cm³/mol.